The summed E-state index contributed by atoms with van der Waals surface area (Å²) in [7, 11) is 1.65. The molecule has 0 saturated carbocycles. The lowest BCUT2D eigenvalue weighted by Crippen LogP contribution is -2.25. The molecule has 0 fully saturated rings. The second-order valence-electron chi connectivity index (χ2n) is 4.38. The topological polar surface area (TPSA) is 38.8 Å². The first-order valence-electron chi connectivity index (χ1n) is 6.66. The zero-order chi connectivity index (χ0) is 15.5. The summed E-state index contributed by atoms with van der Waals surface area (Å²) in [5.41, 5.74) is 1.17. The van der Waals surface area contributed by atoms with Gasteiger partial charge in [0.15, 0.2) is 6.61 Å². The Morgan fingerprint density at radius 1 is 1.29 bits per heavy atom. The van der Waals surface area contributed by atoms with Crippen molar-refractivity contribution in [3.05, 3.63) is 29.8 Å². The van der Waals surface area contributed by atoms with E-state index in [1.54, 1.807) is 7.11 Å². The van der Waals surface area contributed by atoms with Crippen LogP contribution in [0.5, 0.6) is 5.75 Å². The van der Waals surface area contributed by atoms with E-state index in [4.69, 9.17) is 21.1 Å². The maximum absolute atomic E-state index is 10.6. The van der Waals surface area contributed by atoms with Gasteiger partial charge >= 0.3 is 5.97 Å². The van der Waals surface area contributed by atoms with Crippen molar-refractivity contribution in [1.29, 1.82) is 0 Å². The second-order valence-corrected chi connectivity index (χ2v) is 4.76. The minimum absolute atomic E-state index is 0.132. The molecule has 1 aromatic carbocycles. The molecule has 0 N–H and O–H groups in total. The Bertz CT molecular complexity index is 490. The number of ether oxygens (including phenoxy) is 2. The van der Waals surface area contributed by atoms with Gasteiger partial charge in [0.2, 0.25) is 0 Å². The van der Waals surface area contributed by atoms with Crippen LogP contribution in [-0.2, 0) is 16.1 Å². The Kier molecular flexibility index (Phi) is 8.34. The predicted octanol–water partition coefficient (Wildman–Crippen LogP) is 2.30. The Labute approximate surface area is 131 Å². The summed E-state index contributed by atoms with van der Waals surface area (Å²) in [6, 6.07) is 7.90. The van der Waals surface area contributed by atoms with Crippen molar-refractivity contribution >= 4 is 17.6 Å². The molecule has 0 aliphatic heterocycles. The van der Waals surface area contributed by atoms with Crippen LogP contribution in [0.15, 0.2) is 24.3 Å². The Hall–Kier alpha value is -1.70. The predicted molar refractivity (Wildman–Crippen MR) is 83.4 cm³/mol. The van der Waals surface area contributed by atoms with Crippen molar-refractivity contribution in [3.63, 3.8) is 0 Å². The standard InChI is InChI=1S/C16H20ClNO3/c1-14(19)21-12-4-3-10-18(11-9-17)13-15-5-7-16(20-2)8-6-15/h5-8H,9-13H2,1-2H3. The highest BCUT2D eigenvalue weighted by molar-refractivity contribution is 6.18. The molecule has 0 unspecified atom stereocenters. The van der Waals surface area contributed by atoms with Crippen LogP contribution < -0.4 is 4.74 Å². The monoisotopic (exact) mass is 309 g/mol. The van der Waals surface area contributed by atoms with E-state index < -0.39 is 0 Å². The lowest BCUT2D eigenvalue weighted by Gasteiger charge is -2.18. The number of benzene rings is 1. The van der Waals surface area contributed by atoms with Gasteiger partial charge in [-0.1, -0.05) is 24.0 Å². The van der Waals surface area contributed by atoms with Crippen LogP contribution in [-0.4, -0.2) is 43.6 Å². The van der Waals surface area contributed by atoms with Crippen LogP contribution in [0.25, 0.3) is 0 Å². The van der Waals surface area contributed by atoms with Gasteiger partial charge in [-0.05, 0) is 17.7 Å². The van der Waals surface area contributed by atoms with Crippen molar-refractivity contribution in [1.82, 2.24) is 4.90 Å². The van der Waals surface area contributed by atoms with Crippen molar-refractivity contribution in [2.75, 3.05) is 32.7 Å². The van der Waals surface area contributed by atoms with Crippen molar-refractivity contribution in [2.45, 2.75) is 13.5 Å². The molecular formula is C16H20ClNO3. The fourth-order valence-electron chi connectivity index (χ4n) is 1.68. The molecule has 0 bridgehead atoms. The second kappa shape index (κ2) is 10.1. The number of methoxy groups -OCH3 is 1. The van der Waals surface area contributed by atoms with E-state index in [1.807, 2.05) is 24.3 Å². The number of hydrogen-bond donors (Lipinski definition) is 0. The number of carbonyl (C=O) groups is 1. The van der Waals surface area contributed by atoms with Gasteiger partial charge in [0.1, 0.15) is 5.75 Å². The summed E-state index contributed by atoms with van der Waals surface area (Å²) in [5, 5.41) is 0. The van der Waals surface area contributed by atoms with E-state index >= 15 is 0 Å². The molecule has 4 nitrogen and oxygen atoms in total. The summed E-state index contributed by atoms with van der Waals surface area (Å²) < 4.78 is 9.89. The van der Waals surface area contributed by atoms with Gasteiger partial charge in [-0.15, -0.1) is 11.6 Å². The maximum Gasteiger partial charge on any atom is 0.303 e. The smallest absolute Gasteiger partial charge is 0.303 e. The number of alkyl halides is 1. The molecule has 1 aromatic rings. The van der Waals surface area contributed by atoms with Gasteiger partial charge in [-0.25, -0.2) is 0 Å². The quantitative estimate of drug-likeness (QED) is 0.440. The zero-order valence-electron chi connectivity index (χ0n) is 12.4. The zero-order valence-corrected chi connectivity index (χ0v) is 13.2. The summed E-state index contributed by atoms with van der Waals surface area (Å²) in [5.74, 6) is 6.86. The molecule has 0 aromatic heterocycles. The van der Waals surface area contributed by atoms with E-state index in [0.717, 1.165) is 18.8 Å². The number of rotatable bonds is 7. The van der Waals surface area contributed by atoms with Gasteiger partial charge in [-0.3, -0.25) is 9.69 Å². The van der Waals surface area contributed by atoms with Crippen LogP contribution in [0.3, 0.4) is 0 Å². The first-order valence-corrected chi connectivity index (χ1v) is 7.19. The van der Waals surface area contributed by atoms with E-state index in [1.165, 1.54) is 12.5 Å². The highest BCUT2D eigenvalue weighted by Crippen LogP contribution is 2.12. The maximum atomic E-state index is 10.6. The molecule has 0 heterocycles. The third-order valence-electron chi connectivity index (χ3n) is 2.74. The molecule has 21 heavy (non-hydrogen) atoms. The molecular weight excluding hydrogens is 290 g/mol. The summed E-state index contributed by atoms with van der Waals surface area (Å²) in [4.78, 5) is 12.7. The molecule has 0 atom stereocenters. The normalized spacial score (nSPS) is 9.90. The number of esters is 1. The first kappa shape index (κ1) is 17.4. The Morgan fingerprint density at radius 2 is 2.00 bits per heavy atom. The fraction of sp³-hybridized carbons (Fsp3) is 0.438. The van der Waals surface area contributed by atoms with E-state index in [-0.39, 0.29) is 12.6 Å². The first-order chi connectivity index (χ1) is 10.2. The van der Waals surface area contributed by atoms with Crippen LogP contribution in [0.2, 0.25) is 0 Å². The summed E-state index contributed by atoms with van der Waals surface area (Å²) >= 11 is 5.81. The summed E-state index contributed by atoms with van der Waals surface area (Å²) in [6.45, 7) is 3.59. The SMILES string of the molecule is COc1ccc(CN(CC#CCOC(C)=O)CCCl)cc1. The van der Waals surface area contributed by atoms with Gasteiger partial charge in [0.25, 0.3) is 0 Å². The number of hydrogen-bond acceptors (Lipinski definition) is 4. The highest BCUT2D eigenvalue weighted by Gasteiger charge is 2.04. The molecule has 114 valence electrons. The highest BCUT2D eigenvalue weighted by atomic mass is 35.5. The average Bonchev–Trinajstić information content (AvgIpc) is 2.47. The van der Waals surface area contributed by atoms with Crippen molar-refractivity contribution in [3.8, 4) is 17.6 Å². The molecule has 0 saturated heterocycles. The minimum atomic E-state index is -0.319. The lowest BCUT2D eigenvalue weighted by molar-refractivity contribution is -0.139. The van der Waals surface area contributed by atoms with Crippen molar-refractivity contribution in [2.24, 2.45) is 0 Å². The average molecular weight is 310 g/mol. The van der Waals surface area contributed by atoms with Gasteiger partial charge in [0.05, 0.1) is 13.7 Å². The largest absolute Gasteiger partial charge is 0.497 e. The van der Waals surface area contributed by atoms with E-state index in [2.05, 4.69) is 16.7 Å². The number of nitrogens with zero attached hydrogens (tertiary/aromatic N) is 1. The Morgan fingerprint density at radius 3 is 2.57 bits per heavy atom. The van der Waals surface area contributed by atoms with E-state index in [9.17, 15) is 4.79 Å². The minimum Gasteiger partial charge on any atom is -0.497 e. The summed E-state index contributed by atoms with van der Waals surface area (Å²) in [6.07, 6.45) is 0. The number of halogens is 1. The molecule has 0 radical (unpaired) electrons. The fourth-order valence-corrected chi connectivity index (χ4v) is 1.92. The van der Waals surface area contributed by atoms with Crippen LogP contribution in [0.1, 0.15) is 12.5 Å². The van der Waals surface area contributed by atoms with Crippen molar-refractivity contribution < 1.29 is 14.3 Å². The third kappa shape index (κ3) is 7.60. The van der Waals surface area contributed by atoms with E-state index in [0.29, 0.717) is 12.4 Å². The van der Waals surface area contributed by atoms with Gasteiger partial charge in [0, 0.05) is 25.9 Å². The number of carbonyl (C=O) groups excluding carboxylic acids is 1. The lowest BCUT2D eigenvalue weighted by atomic mass is 10.2. The molecule has 0 aliphatic rings. The van der Waals surface area contributed by atoms with Crippen LogP contribution in [0.4, 0.5) is 0 Å². The molecule has 0 amide bonds. The van der Waals surface area contributed by atoms with Gasteiger partial charge in [-0.2, -0.15) is 0 Å². The molecule has 5 heteroatoms. The molecule has 0 spiro atoms. The Balaban J connectivity index is 2.49. The molecule has 0 aliphatic carbocycles. The van der Waals surface area contributed by atoms with Crippen LogP contribution in [0, 0.1) is 11.8 Å². The van der Waals surface area contributed by atoms with Crippen LogP contribution >= 0.6 is 11.6 Å². The molecule has 1 rings (SSSR count). The third-order valence-corrected chi connectivity index (χ3v) is 2.91. The van der Waals surface area contributed by atoms with Gasteiger partial charge < -0.3 is 9.47 Å².